The summed E-state index contributed by atoms with van der Waals surface area (Å²) in [6.45, 7) is 16.2. The normalized spacial score (nSPS) is 19.1. The van der Waals surface area contributed by atoms with Crippen LogP contribution in [0.3, 0.4) is 0 Å². The molecular formula is C17H29BN2O4S. The van der Waals surface area contributed by atoms with Crippen LogP contribution < -0.4 is 9.68 Å². The van der Waals surface area contributed by atoms with Crippen molar-refractivity contribution in [2.75, 3.05) is 11.4 Å². The van der Waals surface area contributed by atoms with Crippen LogP contribution >= 0.6 is 11.3 Å². The molecule has 1 aliphatic heterocycles. The van der Waals surface area contributed by atoms with Gasteiger partial charge in [-0.15, -0.1) is 11.3 Å². The van der Waals surface area contributed by atoms with Crippen molar-refractivity contribution in [3.05, 3.63) is 6.20 Å². The topological polar surface area (TPSA) is 60.9 Å². The van der Waals surface area contributed by atoms with Crippen molar-refractivity contribution in [3.8, 4) is 0 Å². The van der Waals surface area contributed by atoms with Crippen LogP contribution in [-0.4, -0.2) is 41.5 Å². The number of aromatic nitrogens is 1. The first kappa shape index (κ1) is 20.2. The van der Waals surface area contributed by atoms with Crippen LogP contribution in [0.5, 0.6) is 0 Å². The molecule has 1 aliphatic rings. The van der Waals surface area contributed by atoms with Gasteiger partial charge < -0.3 is 14.0 Å². The average Bonchev–Trinajstić information content (AvgIpc) is 2.97. The second-order valence-corrected chi connectivity index (χ2v) is 9.31. The average molecular weight is 368 g/mol. The summed E-state index contributed by atoms with van der Waals surface area (Å²) >= 11 is 1.40. The summed E-state index contributed by atoms with van der Waals surface area (Å²) in [6.07, 6.45) is 2.14. The van der Waals surface area contributed by atoms with Crippen LogP contribution in [0.15, 0.2) is 6.20 Å². The van der Waals surface area contributed by atoms with E-state index in [9.17, 15) is 4.79 Å². The van der Waals surface area contributed by atoms with Gasteiger partial charge in [0.05, 0.1) is 16.0 Å². The lowest BCUT2D eigenvalue weighted by Crippen LogP contribution is -2.41. The number of amides is 1. The van der Waals surface area contributed by atoms with Crippen molar-refractivity contribution in [3.63, 3.8) is 0 Å². The predicted octanol–water partition coefficient (Wildman–Crippen LogP) is 3.59. The first-order valence-electron chi connectivity index (χ1n) is 8.68. The first-order chi connectivity index (χ1) is 11.4. The molecule has 0 aromatic carbocycles. The zero-order valence-corrected chi connectivity index (χ0v) is 17.3. The SMILES string of the molecule is CCCN(C(=O)OC(C)(C)C)c1ncc(B2OC(C)(C)C(C)(C)O2)s1. The van der Waals surface area contributed by atoms with Gasteiger partial charge in [0.2, 0.25) is 0 Å². The van der Waals surface area contributed by atoms with Crippen LogP contribution in [0.25, 0.3) is 0 Å². The van der Waals surface area contributed by atoms with Crippen LogP contribution in [0, 0.1) is 0 Å². The molecule has 1 saturated heterocycles. The minimum Gasteiger partial charge on any atom is -0.443 e. The van der Waals surface area contributed by atoms with Gasteiger partial charge in [0.25, 0.3) is 0 Å². The molecule has 1 aromatic heterocycles. The monoisotopic (exact) mass is 368 g/mol. The van der Waals surface area contributed by atoms with Gasteiger partial charge >= 0.3 is 13.2 Å². The van der Waals surface area contributed by atoms with E-state index in [-0.39, 0.29) is 6.09 Å². The number of hydrogen-bond donors (Lipinski definition) is 0. The van der Waals surface area contributed by atoms with Gasteiger partial charge in [0.15, 0.2) is 5.13 Å². The molecule has 2 heterocycles. The molecule has 0 N–H and O–H groups in total. The Morgan fingerprint density at radius 2 is 1.84 bits per heavy atom. The molecule has 0 radical (unpaired) electrons. The number of anilines is 1. The lowest BCUT2D eigenvalue weighted by atomic mass is 9.89. The molecule has 0 bridgehead atoms. The molecule has 140 valence electrons. The summed E-state index contributed by atoms with van der Waals surface area (Å²) in [5.74, 6) is 0. The van der Waals surface area contributed by atoms with Crippen molar-refractivity contribution in [1.29, 1.82) is 0 Å². The second kappa shape index (κ2) is 6.89. The van der Waals surface area contributed by atoms with Crippen LogP contribution in [-0.2, 0) is 14.0 Å². The van der Waals surface area contributed by atoms with Gasteiger partial charge in [-0.3, -0.25) is 4.90 Å². The van der Waals surface area contributed by atoms with Crippen LogP contribution in [0.4, 0.5) is 9.93 Å². The van der Waals surface area contributed by atoms with Gasteiger partial charge in [-0.1, -0.05) is 6.92 Å². The minimum absolute atomic E-state index is 0.385. The van der Waals surface area contributed by atoms with Gasteiger partial charge in [0, 0.05) is 12.7 Å². The smallest absolute Gasteiger partial charge is 0.443 e. The molecule has 0 spiro atoms. The number of rotatable bonds is 4. The number of thiazole rings is 1. The Morgan fingerprint density at radius 3 is 2.32 bits per heavy atom. The van der Waals surface area contributed by atoms with E-state index in [2.05, 4.69) is 4.98 Å². The van der Waals surface area contributed by atoms with E-state index < -0.39 is 23.9 Å². The molecule has 8 heteroatoms. The Morgan fingerprint density at radius 1 is 1.28 bits per heavy atom. The second-order valence-electron chi connectivity index (χ2n) is 8.27. The Bertz CT molecular complexity index is 608. The van der Waals surface area contributed by atoms with Crippen molar-refractivity contribution < 1.29 is 18.8 Å². The van der Waals surface area contributed by atoms with E-state index >= 15 is 0 Å². The lowest BCUT2D eigenvalue weighted by molar-refractivity contribution is 0.00578. The summed E-state index contributed by atoms with van der Waals surface area (Å²) in [5, 5.41) is 0.598. The van der Waals surface area contributed by atoms with E-state index in [0.29, 0.717) is 11.7 Å². The molecule has 0 atom stereocenters. The van der Waals surface area contributed by atoms with Crippen molar-refractivity contribution in [1.82, 2.24) is 4.98 Å². The molecule has 1 aromatic rings. The summed E-state index contributed by atoms with van der Waals surface area (Å²) in [6, 6.07) is 0. The van der Waals surface area contributed by atoms with Crippen molar-refractivity contribution >= 4 is 34.5 Å². The molecule has 0 unspecified atom stereocenters. The van der Waals surface area contributed by atoms with E-state index in [1.165, 1.54) is 11.3 Å². The third-order valence-corrected chi connectivity index (χ3v) is 5.33. The van der Waals surface area contributed by atoms with E-state index in [4.69, 9.17) is 14.0 Å². The zero-order chi connectivity index (χ0) is 19.0. The molecule has 1 fully saturated rings. The van der Waals surface area contributed by atoms with Gasteiger partial charge in [-0.2, -0.15) is 0 Å². The van der Waals surface area contributed by atoms with Gasteiger partial charge in [-0.05, 0) is 54.9 Å². The third kappa shape index (κ3) is 4.54. The maximum atomic E-state index is 12.5. The maximum Gasteiger partial charge on any atom is 0.507 e. The van der Waals surface area contributed by atoms with E-state index in [0.717, 1.165) is 11.2 Å². The largest absolute Gasteiger partial charge is 0.507 e. The molecular weight excluding hydrogens is 339 g/mol. The molecule has 2 rings (SSSR count). The highest BCUT2D eigenvalue weighted by Crippen LogP contribution is 2.37. The Hall–Kier alpha value is -1.12. The molecule has 25 heavy (non-hydrogen) atoms. The standard InChI is InChI=1S/C17H29BN2O4S/c1-9-10-20(14(21)22-15(2,3)4)13-19-11-12(25-13)18-23-16(5,6)17(7,8)24-18/h11H,9-10H2,1-8H3. The number of ether oxygens (including phenoxy) is 1. The van der Waals surface area contributed by atoms with E-state index in [1.54, 1.807) is 11.1 Å². The van der Waals surface area contributed by atoms with Gasteiger partial charge in [-0.25, -0.2) is 9.78 Å². The molecule has 1 amide bonds. The first-order valence-corrected chi connectivity index (χ1v) is 9.50. The highest BCUT2D eigenvalue weighted by molar-refractivity contribution is 7.25. The Balaban J connectivity index is 2.19. The highest BCUT2D eigenvalue weighted by Gasteiger charge is 2.52. The summed E-state index contributed by atoms with van der Waals surface area (Å²) in [4.78, 5) is 18.5. The molecule has 0 aliphatic carbocycles. The number of carbonyl (C=O) groups is 1. The number of carbonyl (C=O) groups excluding carboxylic acids is 1. The minimum atomic E-state index is -0.547. The maximum absolute atomic E-state index is 12.5. The zero-order valence-electron chi connectivity index (χ0n) is 16.5. The predicted molar refractivity (Wildman–Crippen MR) is 102 cm³/mol. The third-order valence-electron chi connectivity index (χ3n) is 4.29. The van der Waals surface area contributed by atoms with Crippen LogP contribution in [0.2, 0.25) is 0 Å². The Labute approximate surface area is 155 Å². The summed E-state index contributed by atoms with van der Waals surface area (Å²) < 4.78 is 18.5. The lowest BCUT2D eigenvalue weighted by Gasteiger charge is -2.32. The fourth-order valence-corrected chi connectivity index (χ4v) is 3.17. The fraction of sp³-hybridized carbons (Fsp3) is 0.765. The van der Waals surface area contributed by atoms with Crippen LogP contribution in [0.1, 0.15) is 61.8 Å². The van der Waals surface area contributed by atoms with Crippen molar-refractivity contribution in [2.45, 2.75) is 78.6 Å². The molecule has 6 nitrogen and oxygen atoms in total. The van der Waals surface area contributed by atoms with Gasteiger partial charge in [0.1, 0.15) is 5.60 Å². The fourth-order valence-electron chi connectivity index (χ4n) is 2.28. The van der Waals surface area contributed by atoms with E-state index in [1.807, 2.05) is 55.4 Å². The Kier molecular flexibility index (Phi) is 5.57. The highest BCUT2D eigenvalue weighted by atomic mass is 32.1. The molecule has 0 saturated carbocycles. The summed E-state index contributed by atoms with van der Waals surface area (Å²) in [7, 11) is -0.474. The number of hydrogen-bond acceptors (Lipinski definition) is 6. The quantitative estimate of drug-likeness (QED) is 0.760. The number of nitrogens with zero attached hydrogens (tertiary/aromatic N) is 2. The summed E-state index contributed by atoms with van der Waals surface area (Å²) in [5.41, 5.74) is -1.36. The van der Waals surface area contributed by atoms with Crippen molar-refractivity contribution in [2.24, 2.45) is 0 Å².